The molecule has 3 rings (SSSR count). The predicted octanol–water partition coefficient (Wildman–Crippen LogP) is 4.32. The van der Waals surface area contributed by atoms with Crippen molar-refractivity contribution in [3.05, 3.63) is 52.9 Å². The Hall–Kier alpha value is -3.48. The molecule has 0 radical (unpaired) electrons. The molecular formula is C22H23NO6. The Bertz CT molecular complexity index is 1080. The van der Waals surface area contributed by atoms with Crippen molar-refractivity contribution in [2.75, 3.05) is 27.3 Å². The Morgan fingerprint density at radius 2 is 1.72 bits per heavy atom. The van der Waals surface area contributed by atoms with E-state index in [9.17, 15) is 9.59 Å². The van der Waals surface area contributed by atoms with Crippen LogP contribution in [-0.4, -0.2) is 38.3 Å². The van der Waals surface area contributed by atoms with E-state index in [4.69, 9.17) is 18.6 Å². The van der Waals surface area contributed by atoms with Crippen molar-refractivity contribution in [2.45, 2.75) is 13.8 Å². The minimum Gasteiger partial charge on any atom is -0.493 e. The fraction of sp³-hybridized carbons (Fsp3) is 0.273. The predicted molar refractivity (Wildman–Crippen MR) is 110 cm³/mol. The lowest BCUT2D eigenvalue weighted by Gasteiger charge is -2.17. The molecule has 1 aromatic heterocycles. The van der Waals surface area contributed by atoms with E-state index in [1.54, 1.807) is 42.3 Å². The zero-order valence-corrected chi connectivity index (χ0v) is 16.9. The maximum absolute atomic E-state index is 13.0. The summed E-state index contributed by atoms with van der Waals surface area (Å²) in [5, 5.41) is 0.389. The highest BCUT2D eigenvalue weighted by Gasteiger charge is 2.15. The first-order chi connectivity index (χ1) is 14.0. The molecule has 3 aromatic rings. The first-order valence-electron chi connectivity index (χ1n) is 9.27. The van der Waals surface area contributed by atoms with Gasteiger partial charge in [-0.3, -0.25) is 4.79 Å². The molecule has 0 saturated carbocycles. The van der Waals surface area contributed by atoms with Crippen LogP contribution in [-0.2, 0) is 0 Å². The van der Waals surface area contributed by atoms with Crippen LogP contribution in [0.5, 0.6) is 17.2 Å². The van der Waals surface area contributed by atoms with Crippen LogP contribution < -0.4 is 19.6 Å². The molecule has 0 bridgehead atoms. The molecule has 29 heavy (non-hydrogen) atoms. The van der Waals surface area contributed by atoms with Crippen molar-refractivity contribution in [3.63, 3.8) is 0 Å². The van der Waals surface area contributed by atoms with E-state index in [1.807, 2.05) is 13.8 Å². The minimum atomic E-state index is -0.446. The molecule has 152 valence electrons. The number of carbonyl (C=O) groups is 1. The van der Waals surface area contributed by atoms with Gasteiger partial charge in [-0.25, -0.2) is 4.79 Å². The standard InChI is InChI=1S/C22H23NO6/c1-5-23(6-2)22(25)29-15-8-9-16-19(12-15)28-13-17(21(16)24)14-7-10-18(26-3)20(11-14)27-4/h7-13H,5-6H2,1-4H3. The van der Waals surface area contributed by atoms with Crippen LogP contribution in [0.15, 0.2) is 51.9 Å². The van der Waals surface area contributed by atoms with E-state index in [2.05, 4.69) is 0 Å². The summed E-state index contributed by atoms with van der Waals surface area (Å²) >= 11 is 0. The number of benzene rings is 2. The van der Waals surface area contributed by atoms with Gasteiger partial charge in [-0.05, 0) is 43.7 Å². The van der Waals surface area contributed by atoms with Crippen LogP contribution >= 0.6 is 0 Å². The van der Waals surface area contributed by atoms with Crippen LogP contribution in [0.25, 0.3) is 22.1 Å². The van der Waals surface area contributed by atoms with Crippen LogP contribution in [0.2, 0.25) is 0 Å². The lowest BCUT2D eigenvalue weighted by Crippen LogP contribution is -2.33. The summed E-state index contributed by atoms with van der Waals surface area (Å²) in [6.07, 6.45) is 0.945. The van der Waals surface area contributed by atoms with Gasteiger partial charge < -0.3 is 23.5 Å². The Labute approximate surface area is 168 Å². The molecule has 7 heteroatoms. The topological polar surface area (TPSA) is 78.2 Å². The molecule has 0 atom stereocenters. The smallest absolute Gasteiger partial charge is 0.415 e. The number of hydrogen-bond acceptors (Lipinski definition) is 6. The number of rotatable bonds is 6. The minimum absolute atomic E-state index is 0.194. The monoisotopic (exact) mass is 397 g/mol. The van der Waals surface area contributed by atoms with Gasteiger partial charge in [0.1, 0.15) is 17.6 Å². The number of carbonyl (C=O) groups excluding carboxylic acids is 1. The average molecular weight is 397 g/mol. The van der Waals surface area contributed by atoms with Crippen LogP contribution in [0.4, 0.5) is 4.79 Å². The van der Waals surface area contributed by atoms with E-state index in [1.165, 1.54) is 19.4 Å². The van der Waals surface area contributed by atoms with Gasteiger partial charge in [0.25, 0.3) is 0 Å². The third kappa shape index (κ3) is 4.03. The number of nitrogens with zero attached hydrogens (tertiary/aromatic N) is 1. The van der Waals surface area contributed by atoms with Gasteiger partial charge in [0.05, 0.1) is 25.2 Å². The summed E-state index contributed by atoms with van der Waals surface area (Å²) < 4.78 is 21.6. The summed E-state index contributed by atoms with van der Waals surface area (Å²) in [7, 11) is 3.08. The van der Waals surface area contributed by atoms with Gasteiger partial charge in [0, 0.05) is 19.2 Å². The van der Waals surface area contributed by atoms with Gasteiger partial charge in [0.15, 0.2) is 16.9 Å². The average Bonchev–Trinajstić information content (AvgIpc) is 2.74. The SMILES string of the molecule is CCN(CC)C(=O)Oc1ccc2c(=O)c(-c3ccc(OC)c(OC)c3)coc2c1. The van der Waals surface area contributed by atoms with Gasteiger partial charge in [-0.15, -0.1) is 0 Å². The number of fused-ring (bicyclic) bond motifs is 1. The Balaban J connectivity index is 1.97. The first-order valence-corrected chi connectivity index (χ1v) is 9.27. The molecule has 0 N–H and O–H groups in total. The lowest BCUT2D eigenvalue weighted by molar-refractivity contribution is 0.157. The summed E-state index contributed by atoms with van der Waals surface area (Å²) in [5.74, 6) is 1.40. The molecule has 2 aromatic carbocycles. The maximum atomic E-state index is 13.0. The van der Waals surface area contributed by atoms with Gasteiger partial charge >= 0.3 is 6.09 Å². The summed E-state index contributed by atoms with van der Waals surface area (Å²) in [5.41, 5.74) is 1.19. The fourth-order valence-corrected chi connectivity index (χ4v) is 3.02. The third-order valence-corrected chi connectivity index (χ3v) is 4.67. The normalized spacial score (nSPS) is 10.6. The number of ether oxygens (including phenoxy) is 3. The molecule has 1 amide bonds. The number of methoxy groups -OCH3 is 2. The van der Waals surface area contributed by atoms with E-state index < -0.39 is 6.09 Å². The summed E-state index contributed by atoms with van der Waals surface area (Å²) in [4.78, 5) is 26.6. The molecular weight excluding hydrogens is 374 g/mol. The molecule has 0 unspecified atom stereocenters. The highest BCUT2D eigenvalue weighted by Crippen LogP contribution is 2.32. The second-order valence-electron chi connectivity index (χ2n) is 6.25. The molecule has 0 spiro atoms. The van der Waals surface area contributed by atoms with Gasteiger partial charge in [-0.2, -0.15) is 0 Å². The van der Waals surface area contributed by atoms with Crippen molar-refractivity contribution in [1.29, 1.82) is 0 Å². The van der Waals surface area contributed by atoms with Crippen LogP contribution in [0.1, 0.15) is 13.8 Å². The highest BCUT2D eigenvalue weighted by atomic mass is 16.6. The maximum Gasteiger partial charge on any atom is 0.415 e. The second-order valence-corrected chi connectivity index (χ2v) is 6.25. The molecule has 0 saturated heterocycles. The van der Waals surface area contributed by atoms with Crippen molar-refractivity contribution in [1.82, 2.24) is 4.90 Å². The highest BCUT2D eigenvalue weighted by molar-refractivity contribution is 5.83. The Morgan fingerprint density at radius 3 is 2.38 bits per heavy atom. The second kappa shape index (κ2) is 8.68. The van der Waals surface area contributed by atoms with E-state index in [0.717, 1.165) is 0 Å². The Kier molecular flexibility index (Phi) is 6.07. The van der Waals surface area contributed by atoms with E-state index in [-0.39, 0.29) is 5.43 Å². The molecule has 7 nitrogen and oxygen atoms in total. The third-order valence-electron chi connectivity index (χ3n) is 4.67. The zero-order chi connectivity index (χ0) is 21.0. The molecule has 0 fully saturated rings. The van der Waals surface area contributed by atoms with Gasteiger partial charge in [-0.1, -0.05) is 6.07 Å². The van der Waals surface area contributed by atoms with Crippen molar-refractivity contribution >= 4 is 17.1 Å². The number of amides is 1. The molecule has 0 aliphatic rings. The summed E-state index contributed by atoms with van der Waals surface area (Å²) in [6, 6.07) is 9.93. The molecule has 1 heterocycles. The fourth-order valence-electron chi connectivity index (χ4n) is 3.02. The van der Waals surface area contributed by atoms with E-state index >= 15 is 0 Å². The number of hydrogen-bond donors (Lipinski definition) is 0. The quantitative estimate of drug-likeness (QED) is 0.616. The van der Waals surface area contributed by atoms with E-state index in [0.29, 0.717) is 52.4 Å². The van der Waals surface area contributed by atoms with Gasteiger partial charge in [0.2, 0.25) is 0 Å². The zero-order valence-electron chi connectivity index (χ0n) is 16.9. The lowest BCUT2D eigenvalue weighted by atomic mass is 10.0. The summed E-state index contributed by atoms with van der Waals surface area (Å²) in [6.45, 7) is 4.85. The van der Waals surface area contributed by atoms with Crippen molar-refractivity contribution in [3.8, 4) is 28.4 Å². The van der Waals surface area contributed by atoms with Crippen molar-refractivity contribution in [2.24, 2.45) is 0 Å². The largest absolute Gasteiger partial charge is 0.493 e. The Morgan fingerprint density at radius 1 is 1.00 bits per heavy atom. The first kappa shape index (κ1) is 20.3. The van der Waals surface area contributed by atoms with Crippen LogP contribution in [0.3, 0.4) is 0 Å². The molecule has 0 aliphatic carbocycles. The van der Waals surface area contributed by atoms with Crippen molar-refractivity contribution < 1.29 is 23.4 Å². The molecule has 0 aliphatic heterocycles. The van der Waals surface area contributed by atoms with Crippen LogP contribution in [0, 0.1) is 0 Å².